The smallest absolute Gasteiger partial charge is 0.238 e. The predicted octanol–water partition coefficient (Wildman–Crippen LogP) is 4.32. The van der Waals surface area contributed by atoms with Gasteiger partial charge in [0, 0.05) is 0 Å². The fourth-order valence-electron chi connectivity index (χ4n) is 3.58. The average Bonchev–Trinajstić information content (AvgIpc) is 2.87. The summed E-state index contributed by atoms with van der Waals surface area (Å²) in [4.78, 5) is 26.7. The van der Waals surface area contributed by atoms with Gasteiger partial charge >= 0.3 is 0 Å². The maximum atomic E-state index is 12.7. The van der Waals surface area contributed by atoms with Gasteiger partial charge in [0.2, 0.25) is 11.8 Å². The average molecular weight is 333 g/mol. The second-order valence-corrected chi connectivity index (χ2v) is 6.62. The standard InChI is InChI=1S/C21H19NO3/c1-14-7-12-18-19(13-14)21(24)22(20(18)23)15-8-10-17(11-9-15)25-16-5-3-2-4-6-16/h2-11,18-19H,12-13H2,1H3/t18-,19+/m0/s1. The van der Waals surface area contributed by atoms with E-state index in [9.17, 15) is 9.59 Å². The van der Waals surface area contributed by atoms with Crippen molar-refractivity contribution < 1.29 is 14.3 Å². The van der Waals surface area contributed by atoms with E-state index in [0.29, 0.717) is 24.3 Å². The van der Waals surface area contributed by atoms with Crippen LogP contribution in [-0.4, -0.2) is 11.8 Å². The number of hydrogen-bond donors (Lipinski definition) is 0. The van der Waals surface area contributed by atoms with Gasteiger partial charge in [-0.05, 0) is 56.2 Å². The van der Waals surface area contributed by atoms with Gasteiger partial charge in [0.1, 0.15) is 11.5 Å². The second-order valence-electron chi connectivity index (χ2n) is 6.62. The molecule has 4 rings (SSSR count). The topological polar surface area (TPSA) is 46.6 Å². The van der Waals surface area contributed by atoms with Gasteiger partial charge in [-0.15, -0.1) is 0 Å². The fraction of sp³-hybridized carbons (Fsp3) is 0.238. The van der Waals surface area contributed by atoms with Crippen LogP contribution in [0.3, 0.4) is 0 Å². The highest BCUT2D eigenvalue weighted by Gasteiger charge is 2.48. The number of allylic oxidation sites excluding steroid dienone is 2. The number of para-hydroxylation sites is 1. The molecule has 2 aromatic carbocycles. The van der Waals surface area contributed by atoms with Crippen LogP contribution >= 0.6 is 0 Å². The van der Waals surface area contributed by atoms with Gasteiger partial charge in [0.15, 0.2) is 0 Å². The van der Waals surface area contributed by atoms with Crippen molar-refractivity contribution in [3.63, 3.8) is 0 Å². The molecule has 0 radical (unpaired) electrons. The number of nitrogens with zero attached hydrogens (tertiary/aromatic N) is 1. The normalized spacial score (nSPS) is 22.6. The third-order valence-electron chi connectivity index (χ3n) is 4.90. The molecule has 0 aromatic heterocycles. The van der Waals surface area contributed by atoms with E-state index in [2.05, 4.69) is 6.08 Å². The Labute approximate surface area is 146 Å². The molecular weight excluding hydrogens is 314 g/mol. The third-order valence-corrected chi connectivity index (χ3v) is 4.90. The Hall–Kier alpha value is -2.88. The minimum atomic E-state index is -0.212. The Morgan fingerprint density at radius 3 is 2.24 bits per heavy atom. The van der Waals surface area contributed by atoms with E-state index in [1.165, 1.54) is 10.5 Å². The summed E-state index contributed by atoms with van der Waals surface area (Å²) >= 11 is 0. The highest BCUT2D eigenvalue weighted by atomic mass is 16.5. The number of rotatable bonds is 3. The molecule has 2 aromatic rings. The molecule has 2 atom stereocenters. The zero-order valence-corrected chi connectivity index (χ0v) is 14.0. The van der Waals surface area contributed by atoms with Gasteiger partial charge < -0.3 is 4.74 Å². The molecule has 4 nitrogen and oxygen atoms in total. The van der Waals surface area contributed by atoms with Crippen molar-refractivity contribution in [2.24, 2.45) is 11.8 Å². The van der Waals surface area contributed by atoms with Gasteiger partial charge in [-0.1, -0.05) is 29.8 Å². The Bertz CT molecular complexity index is 839. The Morgan fingerprint density at radius 1 is 0.880 bits per heavy atom. The first kappa shape index (κ1) is 15.6. The summed E-state index contributed by atoms with van der Waals surface area (Å²) in [5.74, 6) is 0.823. The van der Waals surface area contributed by atoms with Crippen molar-refractivity contribution in [3.8, 4) is 11.5 Å². The van der Waals surface area contributed by atoms with Gasteiger partial charge in [-0.25, -0.2) is 0 Å². The van der Waals surface area contributed by atoms with Crippen molar-refractivity contribution in [1.82, 2.24) is 0 Å². The lowest BCUT2D eigenvalue weighted by Gasteiger charge is -2.18. The molecule has 1 aliphatic heterocycles. The van der Waals surface area contributed by atoms with E-state index in [1.54, 1.807) is 24.3 Å². The van der Waals surface area contributed by atoms with Crippen LogP contribution in [0.5, 0.6) is 11.5 Å². The number of imide groups is 1. The number of amides is 2. The summed E-state index contributed by atoms with van der Waals surface area (Å²) < 4.78 is 5.76. The molecular formula is C21H19NO3. The predicted molar refractivity (Wildman–Crippen MR) is 95.4 cm³/mol. The number of ether oxygens (including phenoxy) is 1. The highest BCUT2D eigenvalue weighted by Crippen LogP contribution is 2.40. The van der Waals surface area contributed by atoms with Gasteiger partial charge in [0.25, 0.3) is 0 Å². The Kier molecular flexibility index (Phi) is 3.88. The van der Waals surface area contributed by atoms with Gasteiger partial charge in [-0.3, -0.25) is 14.5 Å². The van der Waals surface area contributed by atoms with Crippen molar-refractivity contribution >= 4 is 17.5 Å². The van der Waals surface area contributed by atoms with E-state index in [1.807, 2.05) is 37.3 Å². The molecule has 4 heteroatoms. The zero-order valence-electron chi connectivity index (χ0n) is 14.0. The van der Waals surface area contributed by atoms with Crippen LogP contribution < -0.4 is 9.64 Å². The van der Waals surface area contributed by atoms with E-state index in [4.69, 9.17) is 4.74 Å². The summed E-state index contributed by atoms with van der Waals surface area (Å²) in [5.41, 5.74) is 1.80. The fourth-order valence-corrected chi connectivity index (χ4v) is 3.58. The van der Waals surface area contributed by atoms with Crippen LogP contribution in [0.25, 0.3) is 0 Å². The summed E-state index contributed by atoms with van der Waals surface area (Å²) in [6.07, 6.45) is 3.42. The largest absolute Gasteiger partial charge is 0.457 e. The second kappa shape index (κ2) is 6.20. The first-order chi connectivity index (χ1) is 12.1. The van der Waals surface area contributed by atoms with Crippen LogP contribution in [0.2, 0.25) is 0 Å². The molecule has 2 amide bonds. The van der Waals surface area contributed by atoms with Crippen molar-refractivity contribution in [2.45, 2.75) is 19.8 Å². The summed E-state index contributed by atoms with van der Waals surface area (Å²) in [6, 6.07) is 16.6. The van der Waals surface area contributed by atoms with E-state index < -0.39 is 0 Å². The monoisotopic (exact) mass is 333 g/mol. The third kappa shape index (κ3) is 2.84. The first-order valence-corrected chi connectivity index (χ1v) is 8.50. The SMILES string of the molecule is CC1=CC[C@@H]2C(=O)N(c3ccc(Oc4ccccc4)cc3)C(=O)[C@@H]2C1. The van der Waals surface area contributed by atoms with Crippen LogP contribution in [0.1, 0.15) is 19.8 Å². The number of anilines is 1. The minimum Gasteiger partial charge on any atom is -0.457 e. The number of carbonyl (C=O) groups is 2. The maximum Gasteiger partial charge on any atom is 0.238 e. The molecule has 0 unspecified atom stereocenters. The van der Waals surface area contributed by atoms with Gasteiger partial charge in [-0.2, -0.15) is 0 Å². The summed E-state index contributed by atoms with van der Waals surface area (Å²) in [5, 5.41) is 0. The molecule has 1 heterocycles. The molecule has 0 N–H and O–H groups in total. The van der Waals surface area contributed by atoms with Crippen LogP contribution in [0.4, 0.5) is 5.69 Å². The molecule has 0 saturated carbocycles. The molecule has 0 spiro atoms. The number of carbonyl (C=O) groups excluding carboxylic acids is 2. The molecule has 1 saturated heterocycles. The van der Waals surface area contributed by atoms with Crippen molar-refractivity contribution in [1.29, 1.82) is 0 Å². The van der Waals surface area contributed by atoms with Crippen LogP contribution in [0.15, 0.2) is 66.2 Å². The molecule has 25 heavy (non-hydrogen) atoms. The van der Waals surface area contributed by atoms with E-state index >= 15 is 0 Å². The lowest BCUT2D eigenvalue weighted by atomic mass is 9.82. The zero-order chi connectivity index (χ0) is 17.4. The van der Waals surface area contributed by atoms with Gasteiger partial charge in [0.05, 0.1) is 17.5 Å². The van der Waals surface area contributed by atoms with Crippen molar-refractivity contribution in [2.75, 3.05) is 4.90 Å². The molecule has 2 aliphatic rings. The quantitative estimate of drug-likeness (QED) is 0.620. The molecule has 0 bridgehead atoms. The van der Waals surface area contributed by atoms with E-state index in [0.717, 1.165) is 5.75 Å². The molecule has 1 fully saturated rings. The summed E-state index contributed by atoms with van der Waals surface area (Å²) in [7, 11) is 0. The van der Waals surface area contributed by atoms with Crippen LogP contribution in [-0.2, 0) is 9.59 Å². The lowest BCUT2D eigenvalue weighted by molar-refractivity contribution is -0.122. The van der Waals surface area contributed by atoms with E-state index in [-0.39, 0.29) is 23.7 Å². The highest BCUT2D eigenvalue weighted by molar-refractivity contribution is 6.22. The van der Waals surface area contributed by atoms with Crippen LogP contribution in [0, 0.1) is 11.8 Å². The Balaban J connectivity index is 1.54. The first-order valence-electron chi connectivity index (χ1n) is 8.50. The maximum absolute atomic E-state index is 12.7. The lowest BCUT2D eigenvalue weighted by Crippen LogP contribution is -2.30. The number of fused-ring (bicyclic) bond motifs is 1. The number of hydrogen-bond acceptors (Lipinski definition) is 3. The molecule has 1 aliphatic carbocycles. The summed E-state index contributed by atoms with van der Waals surface area (Å²) in [6.45, 7) is 2.02. The number of benzene rings is 2. The van der Waals surface area contributed by atoms with Crippen molar-refractivity contribution in [3.05, 3.63) is 66.2 Å². The molecule has 126 valence electrons. The Morgan fingerprint density at radius 2 is 1.52 bits per heavy atom. The minimum absolute atomic E-state index is 0.0841.